The van der Waals surface area contributed by atoms with Crippen LogP contribution in [0.2, 0.25) is 0 Å². The van der Waals surface area contributed by atoms with E-state index in [2.05, 4.69) is 19.9 Å². The van der Waals surface area contributed by atoms with Gasteiger partial charge < -0.3 is 9.80 Å². The van der Waals surface area contributed by atoms with Crippen molar-refractivity contribution in [2.75, 3.05) is 31.1 Å². The van der Waals surface area contributed by atoms with E-state index in [-0.39, 0.29) is 18.0 Å². The molecule has 160 valence electrons. The number of hydrogen-bond acceptors (Lipinski definition) is 6. The van der Waals surface area contributed by atoms with Crippen LogP contribution in [-0.2, 0) is 11.3 Å². The van der Waals surface area contributed by atoms with Crippen LogP contribution in [0.4, 0.5) is 5.82 Å². The number of hydrogen-bond donors (Lipinski definition) is 0. The Bertz CT molecular complexity index is 1310. The standard InChI is InChI=1S/C24H22N6O2/c31-23(15-30-17-27-20-9-5-4-8-19(20)24(30)32)29-12-10-28(11-13-29)22-14-21(25-16-26-22)18-6-2-1-3-7-18/h1-9,14,16-17H,10-13,15H2. The molecule has 32 heavy (non-hydrogen) atoms. The lowest BCUT2D eigenvalue weighted by Crippen LogP contribution is -2.50. The molecule has 2 aromatic carbocycles. The first-order valence-electron chi connectivity index (χ1n) is 10.5. The highest BCUT2D eigenvalue weighted by Gasteiger charge is 2.23. The molecule has 8 heteroatoms. The van der Waals surface area contributed by atoms with Crippen molar-refractivity contribution in [3.63, 3.8) is 0 Å². The number of amides is 1. The highest BCUT2D eigenvalue weighted by Crippen LogP contribution is 2.21. The number of para-hydroxylation sites is 1. The highest BCUT2D eigenvalue weighted by atomic mass is 16.2. The highest BCUT2D eigenvalue weighted by molar-refractivity contribution is 5.79. The van der Waals surface area contributed by atoms with Crippen LogP contribution < -0.4 is 10.5 Å². The van der Waals surface area contributed by atoms with Crippen molar-refractivity contribution in [3.05, 3.63) is 83.7 Å². The molecule has 0 saturated carbocycles. The Hall–Kier alpha value is -4.07. The molecule has 1 aliphatic heterocycles. The van der Waals surface area contributed by atoms with Gasteiger partial charge in [-0.15, -0.1) is 0 Å². The first kappa shape index (κ1) is 19.9. The monoisotopic (exact) mass is 426 g/mol. The molecular formula is C24H22N6O2. The average Bonchev–Trinajstić information content (AvgIpc) is 2.86. The minimum Gasteiger partial charge on any atom is -0.353 e. The third-order valence-corrected chi connectivity index (χ3v) is 5.72. The summed E-state index contributed by atoms with van der Waals surface area (Å²) in [5.41, 5.74) is 2.35. The van der Waals surface area contributed by atoms with Crippen LogP contribution in [0.3, 0.4) is 0 Å². The quantitative estimate of drug-likeness (QED) is 0.498. The maximum absolute atomic E-state index is 12.8. The van der Waals surface area contributed by atoms with E-state index in [1.807, 2.05) is 42.5 Å². The number of aromatic nitrogens is 4. The second kappa shape index (κ2) is 8.58. The molecule has 0 aliphatic carbocycles. The van der Waals surface area contributed by atoms with E-state index in [9.17, 15) is 9.59 Å². The van der Waals surface area contributed by atoms with Gasteiger partial charge in [-0.2, -0.15) is 0 Å². The second-order valence-corrected chi connectivity index (χ2v) is 7.69. The van der Waals surface area contributed by atoms with Gasteiger partial charge in [-0.3, -0.25) is 14.2 Å². The summed E-state index contributed by atoms with van der Waals surface area (Å²) in [5, 5.41) is 0.519. The molecule has 0 bridgehead atoms. The normalized spacial score (nSPS) is 14.0. The van der Waals surface area contributed by atoms with E-state index < -0.39 is 0 Å². The van der Waals surface area contributed by atoms with Crippen LogP contribution in [0.1, 0.15) is 0 Å². The molecule has 0 radical (unpaired) electrons. The smallest absolute Gasteiger partial charge is 0.261 e. The first-order valence-corrected chi connectivity index (χ1v) is 10.5. The van der Waals surface area contributed by atoms with Gasteiger partial charge in [0.05, 0.1) is 22.9 Å². The third-order valence-electron chi connectivity index (χ3n) is 5.72. The molecule has 8 nitrogen and oxygen atoms in total. The van der Waals surface area contributed by atoms with Gasteiger partial charge in [-0.25, -0.2) is 15.0 Å². The van der Waals surface area contributed by atoms with Crippen molar-refractivity contribution in [3.8, 4) is 11.3 Å². The number of carbonyl (C=O) groups is 1. The molecule has 1 fully saturated rings. The van der Waals surface area contributed by atoms with Gasteiger partial charge >= 0.3 is 0 Å². The number of anilines is 1. The molecular weight excluding hydrogens is 404 g/mol. The van der Waals surface area contributed by atoms with Crippen LogP contribution in [0, 0.1) is 0 Å². The number of nitrogens with zero attached hydrogens (tertiary/aromatic N) is 6. The average molecular weight is 426 g/mol. The number of piperazine rings is 1. The molecule has 0 unspecified atom stereocenters. The Labute approximate surface area is 184 Å². The topological polar surface area (TPSA) is 84.2 Å². The Morgan fingerprint density at radius 2 is 1.62 bits per heavy atom. The van der Waals surface area contributed by atoms with Gasteiger partial charge in [-0.1, -0.05) is 42.5 Å². The van der Waals surface area contributed by atoms with Gasteiger partial charge in [-0.05, 0) is 12.1 Å². The van der Waals surface area contributed by atoms with Crippen molar-refractivity contribution in [1.82, 2.24) is 24.4 Å². The fourth-order valence-electron chi connectivity index (χ4n) is 3.94. The zero-order chi connectivity index (χ0) is 21.9. The summed E-state index contributed by atoms with van der Waals surface area (Å²) in [6.07, 6.45) is 3.03. The third kappa shape index (κ3) is 3.94. The molecule has 3 heterocycles. The Balaban J connectivity index is 1.25. The lowest BCUT2D eigenvalue weighted by molar-refractivity contribution is -0.132. The first-order chi connectivity index (χ1) is 15.7. The van der Waals surface area contributed by atoms with Gasteiger partial charge in [0.1, 0.15) is 18.7 Å². The Morgan fingerprint density at radius 1 is 0.875 bits per heavy atom. The SMILES string of the molecule is O=C(Cn1cnc2ccccc2c1=O)N1CCN(c2cc(-c3ccccc3)ncn2)CC1. The summed E-state index contributed by atoms with van der Waals surface area (Å²) < 4.78 is 1.38. The van der Waals surface area contributed by atoms with E-state index >= 15 is 0 Å². The second-order valence-electron chi connectivity index (χ2n) is 7.69. The largest absolute Gasteiger partial charge is 0.353 e. The predicted molar refractivity (Wildman–Crippen MR) is 122 cm³/mol. The van der Waals surface area contributed by atoms with E-state index in [1.54, 1.807) is 29.4 Å². The number of rotatable bonds is 4. The summed E-state index contributed by atoms with van der Waals surface area (Å²) in [4.78, 5) is 42.5. The zero-order valence-corrected chi connectivity index (χ0v) is 17.5. The number of fused-ring (bicyclic) bond motifs is 1. The molecule has 0 atom stereocenters. The summed E-state index contributed by atoms with van der Waals surface area (Å²) in [5.74, 6) is 0.761. The molecule has 4 aromatic rings. The van der Waals surface area contributed by atoms with E-state index in [1.165, 1.54) is 10.9 Å². The fourth-order valence-corrected chi connectivity index (χ4v) is 3.94. The van der Waals surface area contributed by atoms with E-state index in [0.717, 1.165) is 17.1 Å². The number of benzene rings is 2. The Morgan fingerprint density at radius 3 is 2.44 bits per heavy atom. The maximum Gasteiger partial charge on any atom is 0.261 e. The number of carbonyl (C=O) groups excluding carboxylic acids is 1. The molecule has 5 rings (SSSR count). The van der Waals surface area contributed by atoms with E-state index in [4.69, 9.17) is 0 Å². The van der Waals surface area contributed by atoms with Crippen LogP contribution in [-0.4, -0.2) is 56.5 Å². The molecule has 0 N–H and O–H groups in total. The van der Waals surface area contributed by atoms with Crippen molar-refractivity contribution < 1.29 is 4.79 Å². The van der Waals surface area contributed by atoms with Crippen LogP contribution >= 0.6 is 0 Å². The molecule has 1 saturated heterocycles. The lowest BCUT2D eigenvalue weighted by atomic mass is 10.1. The Kier molecular flexibility index (Phi) is 5.33. The minimum absolute atomic E-state index is 0.0116. The summed E-state index contributed by atoms with van der Waals surface area (Å²) in [6, 6.07) is 19.1. The predicted octanol–water partition coefficient (Wildman–Crippen LogP) is 2.20. The van der Waals surface area contributed by atoms with Gasteiger partial charge in [0.25, 0.3) is 5.56 Å². The maximum atomic E-state index is 12.8. The fraction of sp³-hybridized carbons (Fsp3) is 0.208. The van der Waals surface area contributed by atoms with Crippen LogP contribution in [0.25, 0.3) is 22.2 Å². The summed E-state index contributed by atoms with van der Waals surface area (Å²) in [6.45, 7) is 2.46. The van der Waals surface area contributed by atoms with Gasteiger partial charge in [0, 0.05) is 37.8 Å². The van der Waals surface area contributed by atoms with Gasteiger partial charge in [0.15, 0.2) is 0 Å². The van der Waals surface area contributed by atoms with Crippen molar-refractivity contribution in [1.29, 1.82) is 0 Å². The van der Waals surface area contributed by atoms with Gasteiger partial charge in [0.2, 0.25) is 5.91 Å². The molecule has 2 aromatic heterocycles. The zero-order valence-electron chi connectivity index (χ0n) is 17.5. The summed E-state index contributed by atoms with van der Waals surface area (Å²) in [7, 11) is 0. The van der Waals surface area contributed by atoms with E-state index in [0.29, 0.717) is 37.1 Å². The van der Waals surface area contributed by atoms with Crippen molar-refractivity contribution in [2.45, 2.75) is 6.54 Å². The minimum atomic E-state index is -0.197. The summed E-state index contributed by atoms with van der Waals surface area (Å²) >= 11 is 0. The van der Waals surface area contributed by atoms with Crippen LogP contribution in [0.5, 0.6) is 0 Å². The molecule has 1 aliphatic rings. The molecule has 0 spiro atoms. The lowest BCUT2D eigenvalue weighted by Gasteiger charge is -2.35. The van der Waals surface area contributed by atoms with Crippen LogP contribution in [0.15, 0.2) is 78.1 Å². The van der Waals surface area contributed by atoms with Crippen molar-refractivity contribution in [2.24, 2.45) is 0 Å². The molecule has 1 amide bonds. The van der Waals surface area contributed by atoms with Crippen molar-refractivity contribution >= 4 is 22.6 Å².